The Morgan fingerprint density at radius 3 is 2.73 bits per heavy atom. The van der Waals surface area contributed by atoms with E-state index in [2.05, 4.69) is 10.2 Å². The second-order valence-electron chi connectivity index (χ2n) is 3.26. The summed E-state index contributed by atoms with van der Waals surface area (Å²) in [5.74, 6) is -0.296. The molecule has 0 atom stereocenters. The molecule has 0 aromatic rings. The van der Waals surface area contributed by atoms with Crippen molar-refractivity contribution in [3.8, 4) is 0 Å². The van der Waals surface area contributed by atoms with Crippen LogP contribution in [0.3, 0.4) is 0 Å². The summed E-state index contributed by atoms with van der Waals surface area (Å²) in [5, 5.41) is 3.07. The third-order valence-corrected chi connectivity index (χ3v) is 1.89. The molecule has 0 spiro atoms. The van der Waals surface area contributed by atoms with Crippen molar-refractivity contribution in [1.29, 1.82) is 0 Å². The molecule has 0 saturated carbocycles. The quantitative estimate of drug-likeness (QED) is 0.426. The Balaban J connectivity index is 3.26. The predicted octanol–water partition coefficient (Wildman–Crippen LogP) is -0.283. The number of esters is 1. The van der Waals surface area contributed by atoms with Gasteiger partial charge in [0, 0.05) is 19.6 Å². The van der Waals surface area contributed by atoms with Crippen molar-refractivity contribution < 1.29 is 14.3 Å². The zero-order valence-corrected chi connectivity index (χ0v) is 9.91. The first-order valence-electron chi connectivity index (χ1n) is 5.27. The number of hydrogen-bond donors (Lipinski definition) is 1. The summed E-state index contributed by atoms with van der Waals surface area (Å²) in [5.41, 5.74) is 0. The van der Waals surface area contributed by atoms with Crippen LogP contribution in [0.2, 0.25) is 0 Å². The monoisotopic (exact) mass is 218 g/mol. The highest BCUT2D eigenvalue weighted by atomic mass is 16.6. The number of ether oxygens (including phenoxy) is 2. The highest BCUT2D eigenvalue weighted by Gasteiger charge is 2.02. The first-order chi connectivity index (χ1) is 7.20. The summed E-state index contributed by atoms with van der Waals surface area (Å²) in [6, 6.07) is 0. The van der Waals surface area contributed by atoms with E-state index >= 15 is 0 Å². The van der Waals surface area contributed by atoms with Gasteiger partial charge in [0.2, 0.25) is 0 Å². The van der Waals surface area contributed by atoms with Crippen LogP contribution in [0.15, 0.2) is 0 Å². The van der Waals surface area contributed by atoms with E-state index in [1.54, 1.807) is 6.92 Å². The van der Waals surface area contributed by atoms with Crippen molar-refractivity contribution in [2.24, 2.45) is 0 Å². The molecule has 0 aliphatic carbocycles. The number of nitrogens with zero attached hydrogens (tertiary/aromatic N) is 1. The van der Waals surface area contributed by atoms with Gasteiger partial charge in [-0.05, 0) is 21.0 Å². The fourth-order valence-corrected chi connectivity index (χ4v) is 0.993. The van der Waals surface area contributed by atoms with E-state index < -0.39 is 0 Å². The van der Waals surface area contributed by atoms with Gasteiger partial charge in [-0.1, -0.05) is 0 Å². The molecule has 0 aliphatic rings. The Labute approximate surface area is 91.7 Å². The maximum Gasteiger partial charge on any atom is 0.332 e. The van der Waals surface area contributed by atoms with Crippen molar-refractivity contribution >= 4 is 5.97 Å². The van der Waals surface area contributed by atoms with Crippen LogP contribution in [-0.2, 0) is 14.3 Å². The van der Waals surface area contributed by atoms with Gasteiger partial charge in [-0.3, -0.25) is 0 Å². The van der Waals surface area contributed by atoms with Crippen LogP contribution in [0.1, 0.15) is 6.92 Å². The summed E-state index contributed by atoms with van der Waals surface area (Å²) in [4.78, 5) is 13.0. The second kappa shape index (κ2) is 9.89. The molecule has 0 unspecified atom stereocenters. The predicted molar refractivity (Wildman–Crippen MR) is 58.9 cm³/mol. The summed E-state index contributed by atoms with van der Waals surface area (Å²) in [6.07, 6.45) is 0. The fourth-order valence-electron chi connectivity index (χ4n) is 0.993. The first kappa shape index (κ1) is 14.3. The molecule has 5 heteroatoms. The molecule has 0 saturated heterocycles. The average Bonchev–Trinajstić information content (AvgIpc) is 2.22. The van der Waals surface area contributed by atoms with Crippen molar-refractivity contribution in [3.63, 3.8) is 0 Å². The Bertz CT molecular complexity index is 165. The van der Waals surface area contributed by atoms with Crippen LogP contribution in [0, 0.1) is 0 Å². The van der Waals surface area contributed by atoms with Gasteiger partial charge >= 0.3 is 5.97 Å². The van der Waals surface area contributed by atoms with E-state index in [-0.39, 0.29) is 12.6 Å². The third kappa shape index (κ3) is 9.65. The van der Waals surface area contributed by atoms with E-state index in [1.807, 2.05) is 14.1 Å². The van der Waals surface area contributed by atoms with Crippen LogP contribution < -0.4 is 5.32 Å². The van der Waals surface area contributed by atoms with E-state index in [0.29, 0.717) is 13.2 Å². The van der Waals surface area contributed by atoms with Gasteiger partial charge in [0.25, 0.3) is 0 Å². The smallest absolute Gasteiger partial charge is 0.332 e. The van der Waals surface area contributed by atoms with E-state index in [4.69, 9.17) is 9.47 Å². The first-order valence-corrected chi connectivity index (χ1v) is 5.27. The molecule has 0 rings (SSSR count). The minimum absolute atomic E-state index is 0.0493. The Morgan fingerprint density at radius 2 is 2.13 bits per heavy atom. The Kier molecular flexibility index (Phi) is 9.46. The SMILES string of the molecule is CCOC(=O)COCCN(C)CCNC. The third-order valence-electron chi connectivity index (χ3n) is 1.89. The number of likely N-dealkylation sites (N-methyl/N-ethyl adjacent to an activating group) is 2. The number of carbonyl (C=O) groups excluding carboxylic acids is 1. The Hall–Kier alpha value is -0.650. The molecule has 1 N–H and O–H groups in total. The maximum atomic E-state index is 10.9. The summed E-state index contributed by atoms with van der Waals surface area (Å²) >= 11 is 0. The minimum Gasteiger partial charge on any atom is -0.464 e. The van der Waals surface area contributed by atoms with Crippen molar-refractivity contribution in [1.82, 2.24) is 10.2 Å². The number of hydrogen-bond acceptors (Lipinski definition) is 5. The van der Waals surface area contributed by atoms with Crippen LogP contribution in [-0.4, -0.2) is 64.4 Å². The van der Waals surface area contributed by atoms with E-state index in [9.17, 15) is 4.79 Å². The zero-order valence-electron chi connectivity index (χ0n) is 9.91. The normalized spacial score (nSPS) is 10.7. The highest BCUT2D eigenvalue weighted by Crippen LogP contribution is 1.85. The summed E-state index contributed by atoms with van der Waals surface area (Å²) in [7, 11) is 3.94. The lowest BCUT2D eigenvalue weighted by Gasteiger charge is -2.15. The molecule has 0 aromatic heterocycles. The topological polar surface area (TPSA) is 50.8 Å². The summed E-state index contributed by atoms with van der Waals surface area (Å²) < 4.78 is 9.89. The minimum atomic E-state index is -0.296. The number of rotatable bonds is 9. The fraction of sp³-hybridized carbons (Fsp3) is 0.900. The maximum absolute atomic E-state index is 10.9. The van der Waals surface area contributed by atoms with Gasteiger partial charge in [0.05, 0.1) is 13.2 Å². The molecular weight excluding hydrogens is 196 g/mol. The van der Waals surface area contributed by atoms with Gasteiger partial charge < -0.3 is 19.7 Å². The van der Waals surface area contributed by atoms with Crippen LogP contribution in [0.25, 0.3) is 0 Å². The van der Waals surface area contributed by atoms with Gasteiger partial charge in [-0.2, -0.15) is 0 Å². The van der Waals surface area contributed by atoms with Crippen LogP contribution >= 0.6 is 0 Å². The molecule has 0 fully saturated rings. The highest BCUT2D eigenvalue weighted by molar-refractivity contribution is 5.70. The van der Waals surface area contributed by atoms with Crippen molar-refractivity contribution in [3.05, 3.63) is 0 Å². The van der Waals surface area contributed by atoms with Gasteiger partial charge in [0.1, 0.15) is 6.61 Å². The summed E-state index contributed by atoms with van der Waals surface area (Å²) in [6.45, 7) is 5.54. The standard InChI is InChI=1S/C10H22N2O3/c1-4-15-10(13)9-14-8-7-12(3)6-5-11-2/h11H,4-9H2,1-3H3. The van der Waals surface area contributed by atoms with Crippen molar-refractivity contribution in [2.75, 3.05) is 53.6 Å². The second-order valence-corrected chi connectivity index (χ2v) is 3.26. The van der Waals surface area contributed by atoms with E-state index in [0.717, 1.165) is 19.6 Å². The molecule has 0 amide bonds. The molecular formula is C10H22N2O3. The molecule has 90 valence electrons. The van der Waals surface area contributed by atoms with Gasteiger partial charge in [0.15, 0.2) is 0 Å². The zero-order chi connectivity index (χ0) is 11.5. The average molecular weight is 218 g/mol. The molecule has 0 aliphatic heterocycles. The van der Waals surface area contributed by atoms with Gasteiger partial charge in [-0.25, -0.2) is 4.79 Å². The number of nitrogens with one attached hydrogen (secondary N) is 1. The largest absolute Gasteiger partial charge is 0.464 e. The lowest BCUT2D eigenvalue weighted by molar-refractivity contribution is -0.148. The molecule has 0 bridgehead atoms. The van der Waals surface area contributed by atoms with Crippen molar-refractivity contribution in [2.45, 2.75) is 6.92 Å². The molecule has 0 radical (unpaired) electrons. The van der Waals surface area contributed by atoms with Gasteiger partial charge in [-0.15, -0.1) is 0 Å². The lowest BCUT2D eigenvalue weighted by atomic mass is 10.5. The molecule has 0 heterocycles. The lowest BCUT2D eigenvalue weighted by Crippen LogP contribution is -2.30. The molecule has 5 nitrogen and oxygen atoms in total. The van der Waals surface area contributed by atoms with Crippen LogP contribution in [0.4, 0.5) is 0 Å². The van der Waals surface area contributed by atoms with E-state index in [1.165, 1.54) is 0 Å². The number of carbonyl (C=O) groups is 1. The van der Waals surface area contributed by atoms with Crippen LogP contribution in [0.5, 0.6) is 0 Å². The molecule has 0 aromatic carbocycles. The Morgan fingerprint density at radius 1 is 1.40 bits per heavy atom. The molecule has 15 heavy (non-hydrogen) atoms.